The lowest BCUT2D eigenvalue weighted by Crippen LogP contribution is -2.77. The normalized spacial score (nSPS) is 16.5. The molecule has 0 saturated carbocycles. The van der Waals surface area contributed by atoms with Crippen molar-refractivity contribution in [2.75, 3.05) is 13.2 Å². The molecular weight excluding hydrogens is 668 g/mol. The Kier molecular flexibility index (Phi) is 10.5. The fourth-order valence-electron chi connectivity index (χ4n) is 2.38. The molecule has 2 atom stereocenters. The van der Waals surface area contributed by atoms with E-state index in [2.05, 4.69) is 22.6 Å². The van der Waals surface area contributed by atoms with Gasteiger partial charge < -0.3 is 9.47 Å². The van der Waals surface area contributed by atoms with Gasteiger partial charge in [0.25, 0.3) is 5.41 Å². The largest absolute Gasteiger partial charge is 0.492 e. The Bertz CT molecular complexity index is 1050. The van der Waals surface area contributed by atoms with Gasteiger partial charge in [-0.3, -0.25) is 0 Å². The minimum Gasteiger partial charge on any atom is -0.492 e. The van der Waals surface area contributed by atoms with Crippen LogP contribution in [0.3, 0.4) is 0 Å². The predicted octanol–water partition coefficient (Wildman–Crippen LogP) is 7.91. The molecule has 0 rings (SSSR count). The summed E-state index contributed by atoms with van der Waals surface area (Å²) in [4.78, 5) is 11.0. The third-order valence-electron chi connectivity index (χ3n) is 5.04. The molecular formula is C19H16F19O3P. The molecule has 0 aromatic carbocycles. The number of allylic oxidation sites excluding steroid dienone is 1. The van der Waals surface area contributed by atoms with Crippen LogP contribution in [0.25, 0.3) is 0 Å². The molecule has 248 valence electrons. The Morgan fingerprint density at radius 3 is 1.14 bits per heavy atom. The summed E-state index contributed by atoms with van der Waals surface area (Å²) >= 11 is 0. The molecule has 0 aromatic heterocycles. The van der Waals surface area contributed by atoms with E-state index in [0.29, 0.717) is 13.8 Å². The summed E-state index contributed by atoms with van der Waals surface area (Å²) in [5.41, 5.74) is -0.930. The molecule has 0 amide bonds. The summed E-state index contributed by atoms with van der Waals surface area (Å²) in [5, 5.41) is -7.22. The van der Waals surface area contributed by atoms with Gasteiger partial charge in [0.15, 0.2) is 13.2 Å². The Balaban J connectivity index is 6.96. The SMILES string of the molecule is C=C(C)OCC(F)(F)C(F)(F)C(F)(P)C(F)(F)C(F)(F)C(F)(F)C(F)(F)C(F)(F)C(F)(F)C(F)(F)COC(=O)C(=C)C. The molecule has 3 nitrogen and oxygen atoms in total. The highest BCUT2D eigenvalue weighted by Gasteiger charge is 2.96. The van der Waals surface area contributed by atoms with Crippen LogP contribution in [0.4, 0.5) is 83.4 Å². The van der Waals surface area contributed by atoms with E-state index in [4.69, 9.17) is 0 Å². The van der Waals surface area contributed by atoms with Crippen molar-refractivity contribution < 1.29 is 97.7 Å². The lowest BCUT2D eigenvalue weighted by molar-refractivity contribution is -0.452. The van der Waals surface area contributed by atoms with Crippen molar-refractivity contribution in [3.05, 3.63) is 24.5 Å². The molecule has 0 aliphatic carbocycles. The van der Waals surface area contributed by atoms with Crippen LogP contribution in [-0.2, 0) is 14.3 Å². The number of carbonyl (C=O) groups is 1. The van der Waals surface area contributed by atoms with E-state index < -0.39 is 98.5 Å². The standard InChI is InChI=1S/C19H16F19O3P/c1-7(2)9(39)41-6-10(20,21)12(24,25)14(28,29)15(30,31)16(32,33)17(34,35)18(36,37)19(38,42)13(26,27)11(22,23)5-40-8(3)4/h1,3,5-6,42H2,2,4H3. The number of hydrogen-bond acceptors (Lipinski definition) is 3. The van der Waals surface area contributed by atoms with Crippen LogP contribution in [-0.4, -0.2) is 77.9 Å². The van der Waals surface area contributed by atoms with E-state index in [1.165, 1.54) is 0 Å². The van der Waals surface area contributed by atoms with E-state index in [1.807, 2.05) is 0 Å². The zero-order chi connectivity index (χ0) is 34.6. The van der Waals surface area contributed by atoms with Crippen molar-refractivity contribution in [2.24, 2.45) is 0 Å². The number of halogens is 19. The van der Waals surface area contributed by atoms with Crippen molar-refractivity contribution in [2.45, 2.75) is 72.6 Å². The Morgan fingerprint density at radius 2 is 0.810 bits per heavy atom. The molecule has 0 aliphatic rings. The van der Waals surface area contributed by atoms with Gasteiger partial charge in [-0.05, 0) is 13.8 Å². The molecule has 0 aromatic rings. The summed E-state index contributed by atoms with van der Waals surface area (Å²) in [6, 6.07) is 0. The minimum atomic E-state index is -8.92. The fourth-order valence-corrected chi connectivity index (χ4v) is 2.78. The van der Waals surface area contributed by atoms with Crippen molar-refractivity contribution in [1.29, 1.82) is 0 Å². The number of hydrogen-bond donors (Lipinski definition) is 0. The Hall–Kier alpha value is -2.15. The van der Waals surface area contributed by atoms with Gasteiger partial charge in [0.1, 0.15) is 0 Å². The molecule has 0 aliphatic heterocycles. The van der Waals surface area contributed by atoms with E-state index in [1.54, 1.807) is 0 Å². The first-order valence-electron chi connectivity index (χ1n) is 9.98. The van der Waals surface area contributed by atoms with Crippen molar-refractivity contribution in [3.8, 4) is 0 Å². The van der Waals surface area contributed by atoms with Crippen LogP contribution in [0, 0.1) is 0 Å². The topological polar surface area (TPSA) is 35.5 Å². The molecule has 0 bridgehead atoms. The molecule has 23 heteroatoms. The molecule has 0 spiro atoms. The second kappa shape index (κ2) is 11.1. The second-order valence-electron chi connectivity index (χ2n) is 8.49. The number of alkyl halides is 19. The average Bonchev–Trinajstić information content (AvgIpc) is 2.79. The predicted molar refractivity (Wildman–Crippen MR) is 105 cm³/mol. The third-order valence-corrected chi connectivity index (χ3v) is 5.76. The molecule has 0 fully saturated rings. The smallest absolute Gasteiger partial charge is 0.384 e. The summed E-state index contributed by atoms with van der Waals surface area (Å²) < 4.78 is 272. The monoisotopic (exact) mass is 684 g/mol. The quantitative estimate of drug-likeness (QED) is 0.0579. The molecule has 0 heterocycles. The first-order chi connectivity index (χ1) is 18.0. The molecule has 0 saturated heterocycles. The van der Waals surface area contributed by atoms with Crippen molar-refractivity contribution >= 4 is 15.2 Å². The number of esters is 1. The van der Waals surface area contributed by atoms with Crippen LogP contribution in [0.1, 0.15) is 13.8 Å². The van der Waals surface area contributed by atoms with Gasteiger partial charge >= 0.3 is 59.3 Å². The Labute approximate surface area is 224 Å². The summed E-state index contributed by atoms with van der Waals surface area (Å²) in [6.07, 6.45) is 0. The zero-order valence-electron chi connectivity index (χ0n) is 20.3. The summed E-state index contributed by atoms with van der Waals surface area (Å²) in [7, 11) is -0.836. The first kappa shape index (κ1) is 39.8. The van der Waals surface area contributed by atoms with Crippen LogP contribution < -0.4 is 0 Å². The second-order valence-corrected chi connectivity index (χ2v) is 9.28. The molecule has 42 heavy (non-hydrogen) atoms. The fraction of sp³-hybridized carbons (Fsp3) is 0.737. The number of ether oxygens (including phenoxy) is 2. The molecule has 0 N–H and O–H groups in total. The maximum absolute atomic E-state index is 14.4. The van der Waals surface area contributed by atoms with Crippen LogP contribution in [0.2, 0.25) is 0 Å². The highest BCUT2D eigenvalue weighted by molar-refractivity contribution is 7.19. The molecule has 2 unspecified atom stereocenters. The summed E-state index contributed by atoms with van der Waals surface area (Å²) in [5.74, 6) is -75.3. The highest BCUT2D eigenvalue weighted by atomic mass is 31.0. The van der Waals surface area contributed by atoms with Gasteiger partial charge in [-0.1, -0.05) is 22.4 Å². The minimum absolute atomic E-state index is 0.618. The van der Waals surface area contributed by atoms with Gasteiger partial charge in [0.2, 0.25) is 0 Å². The van der Waals surface area contributed by atoms with E-state index in [0.717, 1.165) is 0 Å². The van der Waals surface area contributed by atoms with Crippen LogP contribution in [0.15, 0.2) is 24.5 Å². The van der Waals surface area contributed by atoms with Crippen molar-refractivity contribution in [3.63, 3.8) is 0 Å². The number of carbonyl (C=O) groups excluding carboxylic acids is 1. The Morgan fingerprint density at radius 1 is 0.524 bits per heavy atom. The molecule has 0 radical (unpaired) electrons. The zero-order valence-corrected chi connectivity index (χ0v) is 21.5. The highest BCUT2D eigenvalue weighted by Crippen LogP contribution is 2.67. The first-order valence-corrected chi connectivity index (χ1v) is 10.6. The maximum atomic E-state index is 14.4. The summed E-state index contributed by atoms with van der Waals surface area (Å²) in [6.45, 7) is 0.306. The number of rotatable bonds is 15. The van der Waals surface area contributed by atoms with E-state index >= 15 is 0 Å². The van der Waals surface area contributed by atoms with Gasteiger partial charge in [-0.15, -0.1) is 0 Å². The van der Waals surface area contributed by atoms with Gasteiger partial charge in [0, 0.05) is 5.57 Å². The lowest BCUT2D eigenvalue weighted by Gasteiger charge is -2.46. The van der Waals surface area contributed by atoms with Crippen LogP contribution in [0.5, 0.6) is 0 Å². The lowest BCUT2D eigenvalue weighted by atomic mass is 9.86. The van der Waals surface area contributed by atoms with Crippen molar-refractivity contribution in [1.82, 2.24) is 0 Å². The van der Waals surface area contributed by atoms with Gasteiger partial charge in [-0.2, -0.15) is 79.0 Å². The van der Waals surface area contributed by atoms with Gasteiger partial charge in [-0.25, -0.2) is 9.18 Å². The van der Waals surface area contributed by atoms with E-state index in [-0.39, 0.29) is 0 Å². The van der Waals surface area contributed by atoms with E-state index in [9.17, 15) is 88.2 Å². The average molecular weight is 684 g/mol. The maximum Gasteiger partial charge on any atom is 0.384 e. The van der Waals surface area contributed by atoms with Crippen LogP contribution >= 0.6 is 9.24 Å². The van der Waals surface area contributed by atoms with Gasteiger partial charge in [0.05, 0.1) is 5.76 Å². The third kappa shape index (κ3) is 5.71.